The van der Waals surface area contributed by atoms with Crippen LogP contribution in [0.25, 0.3) is 0 Å². The summed E-state index contributed by atoms with van der Waals surface area (Å²) in [7, 11) is 0. The molecule has 0 bridgehead atoms. The molecule has 7 nitrogen and oxygen atoms in total. The first-order valence-corrected chi connectivity index (χ1v) is 7.42. The molecule has 1 aliphatic rings. The van der Waals surface area contributed by atoms with Gasteiger partial charge >= 0.3 is 17.9 Å². The van der Waals surface area contributed by atoms with Crippen molar-refractivity contribution < 1.29 is 33.3 Å². The molecule has 128 valence electrons. The van der Waals surface area contributed by atoms with Crippen molar-refractivity contribution in [3.05, 3.63) is 0 Å². The SMILES string of the molecule is CC.CC(=O)OCC1OC(C)CC(OC(C)=O)C1OC(C)=O. The zero-order valence-corrected chi connectivity index (χ0v) is 14.1. The number of carbonyl (C=O) groups excluding carboxylic acids is 3. The summed E-state index contributed by atoms with van der Waals surface area (Å²) in [5.74, 6) is -1.44. The molecule has 0 saturated carbocycles. The smallest absolute Gasteiger partial charge is 0.303 e. The molecule has 1 rings (SSSR count). The monoisotopic (exact) mass is 318 g/mol. The number of rotatable bonds is 4. The van der Waals surface area contributed by atoms with Gasteiger partial charge in [0.05, 0.1) is 6.10 Å². The van der Waals surface area contributed by atoms with Gasteiger partial charge in [0.2, 0.25) is 0 Å². The van der Waals surface area contributed by atoms with Crippen LogP contribution in [0.5, 0.6) is 0 Å². The first-order chi connectivity index (χ1) is 10.3. The van der Waals surface area contributed by atoms with E-state index in [4.69, 9.17) is 18.9 Å². The number of hydrogen-bond donors (Lipinski definition) is 0. The lowest BCUT2D eigenvalue weighted by molar-refractivity contribution is -0.212. The van der Waals surface area contributed by atoms with Gasteiger partial charge in [-0.25, -0.2) is 0 Å². The van der Waals surface area contributed by atoms with Crippen LogP contribution in [0.2, 0.25) is 0 Å². The predicted octanol–water partition coefficient (Wildman–Crippen LogP) is 1.62. The molecule has 4 atom stereocenters. The van der Waals surface area contributed by atoms with Crippen LogP contribution in [0.4, 0.5) is 0 Å². The molecule has 4 unspecified atom stereocenters. The van der Waals surface area contributed by atoms with Gasteiger partial charge in [-0.2, -0.15) is 0 Å². The predicted molar refractivity (Wildman–Crippen MR) is 78.0 cm³/mol. The van der Waals surface area contributed by atoms with Crippen molar-refractivity contribution in [3.8, 4) is 0 Å². The first kappa shape index (κ1) is 20.4. The largest absolute Gasteiger partial charge is 0.463 e. The van der Waals surface area contributed by atoms with Gasteiger partial charge < -0.3 is 18.9 Å². The van der Waals surface area contributed by atoms with Gasteiger partial charge in [-0.15, -0.1) is 0 Å². The molecule has 0 spiro atoms. The van der Waals surface area contributed by atoms with Gasteiger partial charge in [0.15, 0.2) is 6.10 Å². The Balaban J connectivity index is 0.00000211. The highest BCUT2D eigenvalue weighted by atomic mass is 16.6. The van der Waals surface area contributed by atoms with Crippen LogP contribution in [0.3, 0.4) is 0 Å². The Hall–Kier alpha value is -1.63. The molecule has 1 fully saturated rings. The van der Waals surface area contributed by atoms with Crippen molar-refractivity contribution in [1.29, 1.82) is 0 Å². The highest BCUT2D eigenvalue weighted by Crippen LogP contribution is 2.26. The second-order valence-electron chi connectivity index (χ2n) is 4.75. The normalized spacial score (nSPS) is 27.0. The summed E-state index contributed by atoms with van der Waals surface area (Å²) in [6.45, 7) is 9.56. The van der Waals surface area contributed by atoms with Gasteiger partial charge in [0, 0.05) is 27.2 Å². The van der Waals surface area contributed by atoms with E-state index >= 15 is 0 Å². The Bertz CT molecular complexity index is 380. The van der Waals surface area contributed by atoms with Gasteiger partial charge in [-0.05, 0) is 6.92 Å². The Labute approximate surface area is 131 Å². The number of hydrogen-bond acceptors (Lipinski definition) is 7. The number of esters is 3. The van der Waals surface area contributed by atoms with Crippen LogP contribution in [0, 0.1) is 0 Å². The lowest BCUT2D eigenvalue weighted by Gasteiger charge is -2.39. The summed E-state index contributed by atoms with van der Waals surface area (Å²) < 4.78 is 20.9. The third-order valence-corrected chi connectivity index (χ3v) is 2.77. The molecule has 0 aromatic rings. The molecule has 1 heterocycles. The average molecular weight is 318 g/mol. The Morgan fingerprint density at radius 1 is 1.00 bits per heavy atom. The summed E-state index contributed by atoms with van der Waals surface area (Å²) in [4.78, 5) is 33.2. The van der Waals surface area contributed by atoms with Crippen LogP contribution >= 0.6 is 0 Å². The minimum atomic E-state index is -0.785. The Kier molecular flexibility index (Phi) is 9.40. The fourth-order valence-corrected chi connectivity index (χ4v) is 2.14. The molecule has 0 radical (unpaired) electrons. The summed E-state index contributed by atoms with van der Waals surface area (Å²) in [5, 5.41) is 0. The number of carbonyl (C=O) groups is 3. The molecule has 0 aromatic carbocycles. The standard InChI is InChI=1S/C13H20O7.C2H6/c1-7-5-11(19-9(3)15)13(20-10(4)16)12(18-7)6-17-8(2)14;1-2/h7,11-13H,5-6H2,1-4H3;1-2H3. The third kappa shape index (κ3) is 7.40. The van der Waals surface area contributed by atoms with E-state index in [2.05, 4.69) is 0 Å². The average Bonchev–Trinajstić information content (AvgIpc) is 2.40. The van der Waals surface area contributed by atoms with Gasteiger partial charge in [0.1, 0.15) is 18.8 Å². The van der Waals surface area contributed by atoms with Crippen molar-refractivity contribution in [2.75, 3.05) is 6.61 Å². The minimum absolute atomic E-state index is 0.0601. The zero-order chi connectivity index (χ0) is 17.3. The minimum Gasteiger partial charge on any atom is -0.463 e. The summed E-state index contributed by atoms with van der Waals surface area (Å²) >= 11 is 0. The van der Waals surface area contributed by atoms with E-state index in [1.54, 1.807) is 6.92 Å². The molecule has 22 heavy (non-hydrogen) atoms. The topological polar surface area (TPSA) is 88.1 Å². The molecular weight excluding hydrogens is 292 g/mol. The molecule has 0 aromatic heterocycles. The molecule has 1 saturated heterocycles. The summed E-state index contributed by atoms with van der Waals surface area (Å²) in [5.41, 5.74) is 0. The summed E-state index contributed by atoms with van der Waals surface area (Å²) in [6, 6.07) is 0. The quantitative estimate of drug-likeness (QED) is 0.575. The van der Waals surface area contributed by atoms with Gasteiger partial charge in [0.25, 0.3) is 0 Å². The molecule has 1 aliphatic heterocycles. The molecule has 0 aliphatic carbocycles. The van der Waals surface area contributed by atoms with E-state index in [1.807, 2.05) is 13.8 Å². The highest BCUT2D eigenvalue weighted by molar-refractivity contribution is 5.67. The van der Waals surface area contributed by atoms with E-state index in [0.29, 0.717) is 6.42 Å². The third-order valence-electron chi connectivity index (χ3n) is 2.77. The Morgan fingerprint density at radius 3 is 2.00 bits per heavy atom. The van der Waals surface area contributed by atoms with Gasteiger partial charge in [-0.1, -0.05) is 13.8 Å². The van der Waals surface area contributed by atoms with Crippen molar-refractivity contribution in [2.24, 2.45) is 0 Å². The van der Waals surface area contributed by atoms with E-state index in [1.165, 1.54) is 20.8 Å². The molecule has 0 N–H and O–H groups in total. The van der Waals surface area contributed by atoms with Crippen molar-refractivity contribution >= 4 is 17.9 Å². The maximum atomic E-state index is 11.2. The van der Waals surface area contributed by atoms with Crippen LogP contribution in [0.15, 0.2) is 0 Å². The first-order valence-electron chi connectivity index (χ1n) is 7.42. The maximum absolute atomic E-state index is 11.2. The molecular formula is C15H26O7. The fourth-order valence-electron chi connectivity index (χ4n) is 2.14. The fraction of sp³-hybridized carbons (Fsp3) is 0.800. The van der Waals surface area contributed by atoms with E-state index in [-0.39, 0.29) is 12.7 Å². The van der Waals surface area contributed by atoms with E-state index in [0.717, 1.165) is 0 Å². The van der Waals surface area contributed by atoms with Crippen molar-refractivity contribution in [1.82, 2.24) is 0 Å². The van der Waals surface area contributed by atoms with E-state index < -0.39 is 36.2 Å². The molecule has 7 heteroatoms. The van der Waals surface area contributed by atoms with Gasteiger partial charge in [-0.3, -0.25) is 14.4 Å². The lowest BCUT2D eigenvalue weighted by atomic mass is 9.98. The second kappa shape index (κ2) is 10.2. The Morgan fingerprint density at radius 2 is 1.55 bits per heavy atom. The van der Waals surface area contributed by atoms with Crippen LogP contribution in [-0.2, 0) is 33.3 Å². The van der Waals surface area contributed by atoms with E-state index in [9.17, 15) is 14.4 Å². The van der Waals surface area contributed by atoms with Crippen LogP contribution in [0.1, 0.15) is 48.0 Å². The van der Waals surface area contributed by atoms with Crippen molar-refractivity contribution in [3.63, 3.8) is 0 Å². The lowest BCUT2D eigenvalue weighted by Crippen LogP contribution is -2.53. The molecule has 0 amide bonds. The summed E-state index contributed by atoms with van der Waals surface area (Å²) in [6.07, 6.45) is -1.84. The van der Waals surface area contributed by atoms with Crippen LogP contribution < -0.4 is 0 Å². The zero-order valence-electron chi connectivity index (χ0n) is 14.1. The van der Waals surface area contributed by atoms with Crippen LogP contribution in [-0.4, -0.2) is 48.9 Å². The maximum Gasteiger partial charge on any atom is 0.303 e. The van der Waals surface area contributed by atoms with Crippen molar-refractivity contribution in [2.45, 2.75) is 72.4 Å². The number of ether oxygens (including phenoxy) is 4. The highest BCUT2D eigenvalue weighted by Gasteiger charge is 2.42. The second-order valence-corrected chi connectivity index (χ2v) is 4.75.